The van der Waals surface area contributed by atoms with Crippen molar-refractivity contribution in [3.05, 3.63) is 60.8 Å². The molecule has 1 aromatic heterocycles. The van der Waals surface area contributed by atoms with Gasteiger partial charge in [0.25, 0.3) is 0 Å². The standard InChI is InChI=1S/C21H21N3O3S2/c1-28-17-9-3-8-16(14-17)23-21(25)18-10-5-13-24(18)29(26,27)19-11-2-6-15-7-4-12-22-20(15)19/h2-4,6-9,11-12,14,18H,5,10,13H2,1H3,(H,23,25). The highest BCUT2D eigenvalue weighted by atomic mass is 32.2. The second-order valence-corrected chi connectivity index (χ2v) is 9.56. The molecule has 3 aromatic rings. The fourth-order valence-corrected chi connectivity index (χ4v) is 5.91. The number of anilines is 1. The molecule has 1 atom stereocenters. The molecule has 1 aliphatic heterocycles. The third-order valence-electron chi connectivity index (χ3n) is 5.03. The van der Waals surface area contributed by atoms with Gasteiger partial charge in [-0.2, -0.15) is 4.31 Å². The lowest BCUT2D eigenvalue weighted by Gasteiger charge is -2.24. The van der Waals surface area contributed by atoms with E-state index in [0.717, 1.165) is 10.3 Å². The van der Waals surface area contributed by atoms with E-state index in [1.807, 2.05) is 36.6 Å². The van der Waals surface area contributed by atoms with Crippen LogP contribution in [0.5, 0.6) is 0 Å². The molecule has 6 nitrogen and oxygen atoms in total. The first kappa shape index (κ1) is 19.9. The summed E-state index contributed by atoms with van der Waals surface area (Å²) in [6, 6.07) is 15.5. The highest BCUT2D eigenvalue weighted by Crippen LogP contribution is 2.30. The molecular formula is C21H21N3O3S2. The second-order valence-electron chi connectivity index (χ2n) is 6.83. The minimum absolute atomic E-state index is 0.139. The Hall–Kier alpha value is -2.42. The predicted octanol–water partition coefficient (Wildman–Crippen LogP) is 3.75. The van der Waals surface area contributed by atoms with Crippen molar-refractivity contribution < 1.29 is 13.2 Å². The number of nitrogens with one attached hydrogen (secondary N) is 1. The summed E-state index contributed by atoms with van der Waals surface area (Å²) in [6.07, 6.45) is 4.67. The number of fused-ring (bicyclic) bond motifs is 1. The molecule has 1 unspecified atom stereocenters. The number of thioether (sulfide) groups is 1. The average molecular weight is 428 g/mol. The maximum Gasteiger partial charge on any atom is 0.245 e. The molecule has 8 heteroatoms. The molecule has 150 valence electrons. The van der Waals surface area contributed by atoms with Crippen LogP contribution < -0.4 is 5.32 Å². The molecule has 2 aromatic carbocycles. The van der Waals surface area contributed by atoms with Gasteiger partial charge in [-0.3, -0.25) is 9.78 Å². The highest BCUT2D eigenvalue weighted by molar-refractivity contribution is 7.98. The Balaban J connectivity index is 1.64. The van der Waals surface area contributed by atoms with Crippen LogP contribution in [0.3, 0.4) is 0 Å². The Bertz CT molecular complexity index is 1160. The van der Waals surface area contributed by atoms with Crippen LogP contribution >= 0.6 is 11.8 Å². The van der Waals surface area contributed by atoms with E-state index in [-0.39, 0.29) is 10.8 Å². The lowest BCUT2D eigenvalue weighted by atomic mass is 10.2. The maximum atomic E-state index is 13.4. The van der Waals surface area contributed by atoms with Gasteiger partial charge in [0, 0.05) is 28.7 Å². The summed E-state index contributed by atoms with van der Waals surface area (Å²) in [4.78, 5) is 18.4. The van der Waals surface area contributed by atoms with Crippen LogP contribution in [0.25, 0.3) is 10.9 Å². The van der Waals surface area contributed by atoms with Crippen LogP contribution in [0, 0.1) is 0 Å². The van der Waals surface area contributed by atoms with E-state index in [0.29, 0.717) is 30.6 Å². The third-order valence-corrected chi connectivity index (χ3v) is 7.69. The van der Waals surface area contributed by atoms with Gasteiger partial charge < -0.3 is 5.32 Å². The molecule has 1 saturated heterocycles. The number of hydrogen-bond donors (Lipinski definition) is 1. The SMILES string of the molecule is CSc1cccc(NC(=O)C2CCCN2S(=O)(=O)c2cccc3cccnc23)c1. The van der Waals surface area contributed by atoms with Crippen molar-refractivity contribution in [2.24, 2.45) is 0 Å². The molecule has 1 aliphatic rings. The van der Waals surface area contributed by atoms with Crippen molar-refractivity contribution in [3.8, 4) is 0 Å². The van der Waals surface area contributed by atoms with Gasteiger partial charge in [0.15, 0.2) is 0 Å². The van der Waals surface area contributed by atoms with E-state index >= 15 is 0 Å². The van der Waals surface area contributed by atoms with Gasteiger partial charge in [-0.25, -0.2) is 8.42 Å². The summed E-state index contributed by atoms with van der Waals surface area (Å²) < 4.78 is 28.1. The van der Waals surface area contributed by atoms with E-state index < -0.39 is 16.1 Å². The monoisotopic (exact) mass is 427 g/mol. The Morgan fingerprint density at radius 2 is 1.97 bits per heavy atom. The molecule has 4 rings (SSSR count). The van der Waals surface area contributed by atoms with E-state index in [1.54, 1.807) is 42.2 Å². The molecule has 1 amide bonds. The number of amides is 1. The van der Waals surface area contributed by atoms with Gasteiger partial charge in [0.1, 0.15) is 10.9 Å². The number of benzene rings is 2. The molecule has 0 saturated carbocycles. The van der Waals surface area contributed by atoms with Crippen LogP contribution in [0.2, 0.25) is 0 Å². The summed E-state index contributed by atoms with van der Waals surface area (Å²) >= 11 is 1.58. The van der Waals surface area contributed by atoms with E-state index in [2.05, 4.69) is 10.3 Å². The second kappa shape index (κ2) is 8.14. The van der Waals surface area contributed by atoms with E-state index in [1.165, 1.54) is 4.31 Å². The summed E-state index contributed by atoms with van der Waals surface area (Å²) in [7, 11) is -3.86. The number of para-hydroxylation sites is 1. The van der Waals surface area contributed by atoms with E-state index in [9.17, 15) is 13.2 Å². The number of pyridine rings is 1. The molecule has 29 heavy (non-hydrogen) atoms. The number of aromatic nitrogens is 1. The summed E-state index contributed by atoms with van der Waals surface area (Å²) in [5.41, 5.74) is 1.09. The van der Waals surface area contributed by atoms with Crippen molar-refractivity contribution in [2.75, 3.05) is 18.1 Å². The number of carbonyl (C=O) groups is 1. The molecule has 0 spiro atoms. The Kier molecular flexibility index (Phi) is 5.58. The van der Waals surface area contributed by atoms with Crippen LogP contribution in [0.15, 0.2) is 70.6 Å². The quantitative estimate of drug-likeness (QED) is 0.628. The first-order valence-electron chi connectivity index (χ1n) is 9.31. The Morgan fingerprint density at radius 1 is 1.17 bits per heavy atom. The zero-order valence-corrected chi connectivity index (χ0v) is 17.5. The van der Waals surface area contributed by atoms with Gasteiger partial charge in [-0.1, -0.05) is 24.3 Å². The number of sulfonamides is 1. The number of nitrogens with zero attached hydrogens (tertiary/aromatic N) is 2. The number of carbonyl (C=O) groups excluding carboxylic acids is 1. The minimum atomic E-state index is -3.86. The summed E-state index contributed by atoms with van der Waals surface area (Å²) in [5, 5.41) is 3.63. The molecule has 0 radical (unpaired) electrons. The Morgan fingerprint density at radius 3 is 2.79 bits per heavy atom. The minimum Gasteiger partial charge on any atom is -0.325 e. The van der Waals surface area contributed by atoms with Crippen LogP contribution in [-0.4, -0.2) is 42.5 Å². The topological polar surface area (TPSA) is 79.4 Å². The maximum absolute atomic E-state index is 13.4. The van der Waals surface area contributed by atoms with Crippen molar-refractivity contribution in [3.63, 3.8) is 0 Å². The number of hydrogen-bond acceptors (Lipinski definition) is 5. The Labute approximate surface area is 174 Å². The third kappa shape index (κ3) is 3.88. The fourth-order valence-electron chi connectivity index (χ4n) is 3.63. The van der Waals surface area contributed by atoms with Gasteiger partial charge in [-0.15, -0.1) is 11.8 Å². The fraction of sp³-hybridized carbons (Fsp3) is 0.238. The number of rotatable bonds is 5. The highest BCUT2D eigenvalue weighted by Gasteiger charge is 2.40. The van der Waals surface area contributed by atoms with Gasteiger partial charge in [0.2, 0.25) is 15.9 Å². The van der Waals surface area contributed by atoms with Crippen LogP contribution in [0.4, 0.5) is 5.69 Å². The molecular weight excluding hydrogens is 406 g/mol. The van der Waals surface area contributed by atoms with Crippen LogP contribution in [0.1, 0.15) is 12.8 Å². The average Bonchev–Trinajstić information content (AvgIpc) is 3.24. The molecule has 2 heterocycles. The lowest BCUT2D eigenvalue weighted by Crippen LogP contribution is -2.43. The van der Waals surface area contributed by atoms with Crippen molar-refractivity contribution in [1.82, 2.24) is 9.29 Å². The van der Waals surface area contributed by atoms with Crippen molar-refractivity contribution >= 4 is 44.3 Å². The van der Waals surface area contributed by atoms with Gasteiger partial charge >= 0.3 is 0 Å². The molecule has 0 aliphatic carbocycles. The summed E-state index contributed by atoms with van der Waals surface area (Å²) in [6.45, 7) is 0.314. The largest absolute Gasteiger partial charge is 0.325 e. The van der Waals surface area contributed by atoms with Crippen molar-refractivity contribution in [2.45, 2.75) is 28.7 Å². The smallest absolute Gasteiger partial charge is 0.245 e. The predicted molar refractivity (Wildman–Crippen MR) is 116 cm³/mol. The summed E-state index contributed by atoms with van der Waals surface area (Å²) in [5.74, 6) is -0.308. The molecule has 1 N–H and O–H groups in total. The first-order valence-corrected chi connectivity index (χ1v) is 12.0. The first-order chi connectivity index (χ1) is 14.0. The zero-order valence-electron chi connectivity index (χ0n) is 15.9. The normalized spacial score (nSPS) is 17.5. The molecule has 0 bridgehead atoms. The zero-order chi connectivity index (χ0) is 20.4. The van der Waals surface area contributed by atoms with E-state index in [4.69, 9.17) is 0 Å². The van der Waals surface area contributed by atoms with Crippen LogP contribution in [-0.2, 0) is 14.8 Å². The van der Waals surface area contributed by atoms with Crippen molar-refractivity contribution in [1.29, 1.82) is 0 Å². The molecule has 1 fully saturated rings. The lowest BCUT2D eigenvalue weighted by molar-refractivity contribution is -0.119. The van der Waals surface area contributed by atoms with Gasteiger partial charge in [0.05, 0.1) is 5.52 Å². The van der Waals surface area contributed by atoms with Gasteiger partial charge in [-0.05, 0) is 49.4 Å².